The minimum Gasteiger partial charge on any atom is -0.372 e. The van der Waals surface area contributed by atoms with E-state index >= 15 is 0 Å². The lowest BCUT2D eigenvalue weighted by molar-refractivity contribution is 0.585. The molecule has 0 saturated carbocycles. The molecule has 1 fully saturated rings. The summed E-state index contributed by atoms with van der Waals surface area (Å²) < 4.78 is 26.3. The zero-order valence-electron chi connectivity index (χ0n) is 11.6. The summed E-state index contributed by atoms with van der Waals surface area (Å²) in [6.07, 6.45) is 4.07. The summed E-state index contributed by atoms with van der Waals surface area (Å²) in [4.78, 5) is 6.41. The second-order valence-electron chi connectivity index (χ2n) is 5.14. The molecule has 1 heterocycles. The molecule has 0 atom stereocenters. The van der Waals surface area contributed by atoms with E-state index in [4.69, 9.17) is 0 Å². The van der Waals surface area contributed by atoms with Crippen molar-refractivity contribution in [3.8, 4) is 0 Å². The first-order valence-electron chi connectivity index (χ1n) is 7.06. The summed E-state index contributed by atoms with van der Waals surface area (Å²) in [5, 5.41) is 0. The van der Waals surface area contributed by atoms with Crippen molar-refractivity contribution in [1.82, 2.24) is 0 Å². The maximum Gasteiger partial charge on any atom is 0.151 e. The molecule has 0 amide bonds. The lowest BCUT2D eigenvalue weighted by atomic mass is 10.2. The van der Waals surface area contributed by atoms with E-state index in [0.29, 0.717) is 0 Å². The Labute approximate surface area is 122 Å². The monoisotopic (exact) mass is 286 g/mol. The molecule has 0 radical (unpaired) electrons. The largest absolute Gasteiger partial charge is 0.372 e. The first kappa shape index (κ1) is 13.7. The van der Waals surface area contributed by atoms with E-state index in [9.17, 15) is 8.78 Å². The minimum absolute atomic E-state index is 0.139. The van der Waals surface area contributed by atoms with E-state index in [1.165, 1.54) is 30.7 Å². The zero-order chi connectivity index (χ0) is 14.7. The molecule has 2 aromatic carbocycles. The summed E-state index contributed by atoms with van der Waals surface area (Å²) >= 11 is 0. The van der Waals surface area contributed by atoms with Crippen LogP contribution in [0.3, 0.4) is 0 Å². The zero-order valence-corrected chi connectivity index (χ0v) is 11.6. The van der Waals surface area contributed by atoms with Crippen LogP contribution in [-0.4, -0.2) is 19.3 Å². The van der Waals surface area contributed by atoms with Crippen LogP contribution in [0.2, 0.25) is 0 Å². The van der Waals surface area contributed by atoms with E-state index in [0.717, 1.165) is 24.7 Å². The van der Waals surface area contributed by atoms with E-state index in [1.54, 1.807) is 6.21 Å². The molecule has 1 aliphatic rings. The number of hydrogen-bond donors (Lipinski definition) is 0. The van der Waals surface area contributed by atoms with Gasteiger partial charge < -0.3 is 4.90 Å². The number of nitrogens with zero attached hydrogens (tertiary/aromatic N) is 2. The molecule has 21 heavy (non-hydrogen) atoms. The van der Waals surface area contributed by atoms with Crippen molar-refractivity contribution in [2.45, 2.75) is 12.8 Å². The highest BCUT2D eigenvalue weighted by Gasteiger charge is 2.11. The van der Waals surface area contributed by atoms with Crippen molar-refractivity contribution in [3.63, 3.8) is 0 Å². The molecule has 108 valence electrons. The van der Waals surface area contributed by atoms with Gasteiger partial charge in [-0.25, -0.2) is 8.78 Å². The Morgan fingerprint density at radius 2 is 1.67 bits per heavy atom. The number of benzene rings is 2. The van der Waals surface area contributed by atoms with Gasteiger partial charge in [-0.3, -0.25) is 4.99 Å². The average Bonchev–Trinajstić information content (AvgIpc) is 3.01. The first-order valence-corrected chi connectivity index (χ1v) is 7.06. The number of rotatable bonds is 3. The van der Waals surface area contributed by atoms with Gasteiger partial charge in [0.2, 0.25) is 0 Å². The Hall–Kier alpha value is -2.23. The highest BCUT2D eigenvalue weighted by Crippen LogP contribution is 2.21. The van der Waals surface area contributed by atoms with E-state index in [-0.39, 0.29) is 5.69 Å². The van der Waals surface area contributed by atoms with Gasteiger partial charge in [-0.1, -0.05) is 12.1 Å². The Kier molecular flexibility index (Phi) is 3.95. The molecular formula is C17H16F2N2. The highest BCUT2D eigenvalue weighted by atomic mass is 19.1. The van der Waals surface area contributed by atoms with Crippen molar-refractivity contribution in [3.05, 3.63) is 59.7 Å². The van der Waals surface area contributed by atoms with Gasteiger partial charge in [-0.2, -0.15) is 0 Å². The Bertz CT molecular complexity index is 644. The van der Waals surface area contributed by atoms with Crippen LogP contribution < -0.4 is 4.90 Å². The van der Waals surface area contributed by atoms with Gasteiger partial charge in [0.15, 0.2) is 5.82 Å². The van der Waals surface area contributed by atoms with Gasteiger partial charge in [-0.05, 0) is 42.7 Å². The molecule has 0 spiro atoms. The summed E-state index contributed by atoms with van der Waals surface area (Å²) in [5.41, 5.74) is 2.24. The molecule has 0 bridgehead atoms. The van der Waals surface area contributed by atoms with Gasteiger partial charge in [0, 0.05) is 31.1 Å². The second kappa shape index (κ2) is 6.04. The topological polar surface area (TPSA) is 15.6 Å². The third-order valence-electron chi connectivity index (χ3n) is 3.63. The van der Waals surface area contributed by atoms with E-state index < -0.39 is 11.6 Å². The van der Waals surface area contributed by atoms with Crippen molar-refractivity contribution < 1.29 is 8.78 Å². The molecule has 1 aliphatic heterocycles. The van der Waals surface area contributed by atoms with Gasteiger partial charge >= 0.3 is 0 Å². The number of hydrogen-bond acceptors (Lipinski definition) is 2. The van der Waals surface area contributed by atoms with E-state index in [2.05, 4.69) is 9.89 Å². The molecular weight excluding hydrogens is 270 g/mol. The van der Waals surface area contributed by atoms with E-state index in [1.807, 2.05) is 24.3 Å². The summed E-state index contributed by atoms with van der Waals surface area (Å²) in [6.45, 7) is 2.21. The maximum atomic E-state index is 13.5. The predicted octanol–water partition coefficient (Wildman–Crippen LogP) is 4.32. The van der Waals surface area contributed by atoms with Crippen LogP contribution in [0.25, 0.3) is 0 Å². The molecule has 2 nitrogen and oxygen atoms in total. The van der Waals surface area contributed by atoms with Gasteiger partial charge in [0.1, 0.15) is 5.82 Å². The molecule has 4 heteroatoms. The Balaban J connectivity index is 1.73. The number of anilines is 1. The van der Waals surface area contributed by atoms with Crippen LogP contribution in [-0.2, 0) is 0 Å². The normalized spacial score (nSPS) is 15.0. The summed E-state index contributed by atoms with van der Waals surface area (Å²) in [7, 11) is 0. The molecule has 0 N–H and O–H groups in total. The lowest BCUT2D eigenvalue weighted by Gasteiger charge is -2.17. The molecule has 2 aromatic rings. The minimum atomic E-state index is -0.653. The quantitative estimate of drug-likeness (QED) is 0.767. The van der Waals surface area contributed by atoms with Crippen LogP contribution in [0.15, 0.2) is 47.5 Å². The SMILES string of the molecule is Fc1ccc(N=Cc2ccc(N3CCCC3)cc2)c(F)c1. The lowest BCUT2D eigenvalue weighted by Crippen LogP contribution is -2.17. The Morgan fingerprint density at radius 1 is 0.952 bits per heavy atom. The van der Waals surface area contributed by atoms with Crippen LogP contribution in [0.4, 0.5) is 20.2 Å². The third-order valence-corrected chi connectivity index (χ3v) is 3.63. The van der Waals surface area contributed by atoms with Crippen LogP contribution >= 0.6 is 0 Å². The van der Waals surface area contributed by atoms with Gasteiger partial charge in [0.25, 0.3) is 0 Å². The fourth-order valence-electron chi connectivity index (χ4n) is 2.48. The smallest absolute Gasteiger partial charge is 0.151 e. The average molecular weight is 286 g/mol. The molecule has 0 aromatic heterocycles. The fourth-order valence-corrected chi connectivity index (χ4v) is 2.48. The van der Waals surface area contributed by atoms with Crippen molar-refractivity contribution in [2.75, 3.05) is 18.0 Å². The summed E-state index contributed by atoms with van der Waals surface area (Å²) in [5.74, 6) is -1.25. The number of halogens is 2. The summed E-state index contributed by atoms with van der Waals surface area (Å²) in [6, 6.07) is 11.4. The van der Waals surface area contributed by atoms with Crippen LogP contribution in [0.1, 0.15) is 18.4 Å². The molecule has 0 aliphatic carbocycles. The van der Waals surface area contributed by atoms with Gasteiger partial charge in [-0.15, -0.1) is 0 Å². The second-order valence-corrected chi connectivity index (χ2v) is 5.14. The van der Waals surface area contributed by atoms with Crippen molar-refractivity contribution in [2.24, 2.45) is 4.99 Å². The first-order chi connectivity index (χ1) is 10.2. The predicted molar refractivity (Wildman–Crippen MR) is 81.5 cm³/mol. The standard InChI is InChI=1S/C17H16F2N2/c18-14-5-8-17(16(19)11-14)20-12-13-3-6-15(7-4-13)21-9-1-2-10-21/h3-8,11-12H,1-2,9-10H2. The van der Waals surface area contributed by atoms with Gasteiger partial charge in [0.05, 0.1) is 5.69 Å². The number of aliphatic imine (C=N–C) groups is 1. The third kappa shape index (κ3) is 3.27. The van der Waals surface area contributed by atoms with Crippen LogP contribution in [0, 0.1) is 11.6 Å². The van der Waals surface area contributed by atoms with Crippen molar-refractivity contribution in [1.29, 1.82) is 0 Å². The molecule has 3 rings (SSSR count). The fraction of sp³-hybridized carbons (Fsp3) is 0.235. The van der Waals surface area contributed by atoms with Crippen LogP contribution in [0.5, 0.6) is 0 Å². The maximum absolute atomic E-state index is 13.5. The molecule has 1 saturated heterocycles. The Morgan fingerprint density at radius 3 is 2.33 bits per heavy atom. The van der Waals surface area contributed by atoms with Crippen molar-refractivity contribution >= 4 is 17.6 Å². The highest BCUT2D eigenvalue weighted by molar-refractivity contribution is 5.82. The molecule has 0 unspecified atom stereocenters.